The summed E-state index contributed by atoms with van der Waals surface area (Å²) in [5.41, 5.74) is 1.94. The molecule has 0 saturated carbocycles. The largest absolute Gasteiger partial charge is 0.479 e. The Morgan fingerprint density at radius 1 is 1.46 bits per heavy atom. The first-order valence-corrected chi connectivity index (χ1v) is 4.05. The minimum absolute atomic E-state index is 0.584. The highest BCUT2D eigenvalue weighted by Gasteiger charge is 2.08. The Morgan fingerprint density at radius 3 is 2.92 bits per heavy atom. The van der Waals surface area contributed by atoms with Gasteiger partial charge in [0.15, 0.2) is 5.52 Å². The van der Waals surface area contributed by atoms with Gasteiger partial charge in [0.05, 0.1) is 7.11 Å². The second kappa shape index (κ2) is 2.73. The Morgan fingerprint density at radius 2 is 2.23 bits per heavy atom. The van der Waals surface area contributed by atoms with Gasteiger partial charge in [0.1, 0.15) is 0 Å². The SMILES string of the molecule is COc1ncc(C)c2cn(C)nc12. The summed E-state index contributed by atoms with van der Waals surface area (Å²) in [7, 11) is 3.49. The van der Waals surface area contributed by atoms with E-state index in [1.807, 2.05) is 20.2 Å². The lowest BCUT2D eigenvalue weighted by Crippen LogP contribution is -1.90. The Bertz CT molecular complexity index is 447. The Labute approximate surface area is 76.1 Å². The highest BCUT2D eigenvalue weighted by atomic mass is 16.5. The van der Waals surface area contributed by atoms with E-state index in [1.54, 1.807) is 18.0 Å². The number of aryl methyl sites for hydroxylation is 2. The number of aromatic nitrogens is 3. The van der Waals surface area contributed by atoms with Crippen molar-refractivity contribution in [3.05, 3.63) is 18.0 Å². The second-order valence-corrected chi connectivity index (χ2v) is 3.02. The van der Waals surface area contributed by atoms with Crippen LogP contribution in [0.1, 0.15) is 5.56 Å². The molecule has 0 bridgehead atoms. The molecule has 0 spiro atoms. The molecule has 0 radical (unpaired) electrons. The molecule has 0 unspecified atom stereocenters. The number of rotatable bonds is 1. The monoisotopic (exact) mass is 177 g/mol. The van der Waals surface area contributed by atoms with Gasteiger partial charge in [-0.25, -0.2) is 4.98 Å². The first-order valence-electron chi connectivity index (χ1n) is 4.05. The number of ether oxygens (including phenoxy) is 1. The van der Waals surface area contributed by atoms with E-state index in [1.165, 1.54) is 0 Å². The molecule has 4 heteroatoms. The van der Waals surface area contributed by atoms with Crippen LogP contribution in [0.25, 0.3) is 10.9 Å². The highest BCUT2D eigenvalue weighted by molar-refractivity contribution is 5.85. The molecule has 0 atom stereocenters. The normalized spacial score (nSPS) is 10.7. The van der Waals surface area contributed by atoms with Crippen molar-refractivity contribution in [3.8, 4) is 5.88 Å². The van der Waals surface area contributed by atoms with Crippen molar-refractivity contribution < 1.29 is 4.74 Å². The number of hydrogen-bond acceptors (Lipinski definition) is 3. The summed E-state index contributed by atoms with van der Waals surface area (Å²) in [5, 5.41) is 5.37. The van der Waals surface area contributed by atoms with Gasteiger partial charge in [-0.2, -0.15) is 5.10 Å². The zero-order valence-corrected chi connectivity index (χ0v) is 7.90. The van der Waals surface area contributed by atoms with Gasteiger partial charge in [-0.1, -0.05) is 0 Å². The van der Waals surface area contributed by atoms with E-state index < -0.39 is 0 Å². The van der Waals surface area contributed by atoms with E-state index in [9.17, 15) is 0 Å². The smallest absolute Gasteiger partial charge is 0.242 e. The third kappa shape index (κ3) is 1.14. The van der Waals surface area contributed by atoms with Gasteiger partial charge < -0.3 is 4.74 Å². The van der Waals surface area contributed by atoms with Gasteiger partial charge >= 0.3 is 0 Å². The van der Waals surface area contributed by atoms with Gasteiger partial charge in [0.25, 0.3) is 0 Å². The van der Waals surface area contributed by atoms with Crippen molar-refractivity contribution in [2.75, 3.05) is 7.11 Å². The van der Waals surface area contributed by atoms with Crippen LogP contribution in [0.2, 0.25) is 0 Å². The summed E-state index contributed by atoms with van der Waals surface area (Å²) in [6.07, 6.45) is 3.76. The van der Waals surface area contributed by atoms with Crippen LogP contribution in [-0.4, -0.2) is 21.9 Å². The summed E-state index contributed by atoms with van der Waals surface area (Å²) >= 11 is 0. The van der Waals surface area contributed by atoms with E-state index in [0.29, 0.717) is 5.88 Å². The number of fused-ring (bicyclic) bond motifs is 1. The number of hydrogen-bond donors (Lipinski definition) is 0. The van der Waals surface area contributed by atoms with Crippen molar-refractivity contribution in [2.45, 2.75) is 6.92 Å². The van der Waals surface area contributed by atoms with Crippen LogP contribution in [-0.2, 0) is 7.05 Å². The summed E-state index contributed by atoms with van der Waals surface area (Å²) in [5.74, 6) is 0.584. The summed E-state index contributed by atoms with van der Waals surface area (Å²) in [6, 6.07) is 0. The van der Waals surface area contributed by atoms with Gasteiger partial charge in [0.2, 0.25) is 5.88 Å². The lowest BCUT2D eigenvalue weighted by molar-refractivity contribution is 0.402. The standard InChI is InChI=1S/C9H11N3O/c1-6-4-10-9(13-3)8-7(6)5-12(2)11-8/h4-5H,1-3H3. The predicted molar refractivity (Wildman–Crippen MR) is 49.8 cm³/mol. The molecule has 13 heavy (non-hydrogen) atoms. The van der Waals surface area contributed by atoms with Gasteiger partial charge in [-0.15, -0.1) is 0 Å². The van der Waals surface area contributed by atoms with E-state index in [0.717, 1.165) is 16.5 Å². The fraction of sp³-hybridized carbons (Fsp3) is 0.333. The van der Waals surface area contributed by atoms with Crippen LogP contribution in [0.5, 0.6) is 5.88 Å². The molecule has 2 heterocycles. The molecule has 4 nitrogen and oxygen atoms in total. The maximum Gasteiger partial charge on any atom is 0.242 e. The van der Waals surface area contributed by atoms with Crippen molar-refractivity contribution in [2.24, 2.45) is 7.05 Å². The van der Waals surface area contributed by atoms with Crippen molar-refractivity contribution in [3.63, 3.8) is 0 Å². The van der Waals surface area contributed by atoms with E-state index in [4.69, 9.17) is 4.74 Å². The molecule has 0 fully saturated rings. The molecule has 0 aliphatic rings. The predicted octanol–water partition coefficient (Wildman–Crippen LogP) is 1.29. The first kappa shape index (κ1) is 8.04. The first-order chi connectivity index (χ1) is 6.22. The summed E-state index contributed by atoms with van der Waals surface area (Å²) in [6.45, 7) is 2.01. The molecule has 2 aromatic rings. The quantitative estimate of drug-likeness (QED) is 0.658. The average Bonchev–Trinajstić information content (AvgIpc) is 2.48. The Kier molecular flexibility index (Phi) is 1.69. The molecule has 2 rings (SSSR count). The molecule has 0 aliphatic carbocycles. The molecular formula is C9H11N3O. The number of pyridine rings is 1. The molecular weight excluding hydrogens is 166 g/mol. The van der Waals surface area contributed by atoms with Crippen molar-refractivity contribution >= 4 is 10.9 Å². The van der Waals surface area contributed by atoms with Crippen LogP contribution in [0.15, 0.2) is 12.4 Å². The maximum atomic E-state index is 5.11. The lowest BCUT2D eigenvalue weighted by atomic mass is 10.2. The Hall–Kier alpha value is -1.58. The third-order valence-electron chi connectivity index (χ3n) is 2.03. The van der Waals surface area contributed by atoms with Gasteiger partial charge in [-0.05, 0) is 12.5 Å². The van der Waals surface area contributed by atoms with Crippen LogP contribution >= 0.6 is 0 Å². The molecule has 0 amide bonds. The molecule has 0 saturated heterocycles. The summed E-state index contributed by atoms with van der Waals surface area (Å²) < 4.78 is 6.87. The van der Waals surface area contributed by atoms with Crippen LogP contribution in [0.4, 0.5) is 0 Å². The Balaban J connectivity index is 2.83. The van der Waals surface area contributed by atoms with Crippen LogP contribution in [0.3, 0.4) is 0 Å². The molecule has 0 N–H and O–H groups in total. The van der Waals surface area contributed by atoms with E-state index >= 15 is 0 Å². The topological polar surface area (TPSA) is 39.9 Å². The molecule has 0 aromatic carbocycles. The van der Waals surface area contributed by atoms with Gasteiger partial charge in [0, 0.05) is 24.8 Å². The molecule has 68 valence electrons. The van der Waals surface area contributed by atoms with Crippen molar-refractivity contribution in [1.82, 2.24) is 14.8 Å². The van der Waals surface area contributed by atoms with E-state index in [2.05, 4.69) is 10.1 Å². The highest BCUT2D eigenvalue weighted by Crippen LogP contribution is 2.23. The third-order valence-corrected chi connectivity index (χ3v) is 2.03. The number of nitrogens with zero attached hydrogens (tertiary/aromatic N) is 3. The minimum atomic E-state index is 0.584. The van der Waals surface area contributed by atoms with Gasteiger partial charge in [-0.3, -0.25) is 4.68 Å². The van der Waals surface area contributed by atoms with Crippen LogP contribution in [0, 0.1) is 6.92 Å². The fourth-order valence-corrected chi connectivity index (χ4v) is 1.37. The number of methoxy groups -OCH3 is 1. The lowest BCUT2D eigenvalue weighted by Gasteiger charge is -1.99. The molecule has 2 aromatic heterocycles. The summed E-state index contributed by atoms with van der Waals surface area (Å²) in [4.78, 5) is 4.14. The van der Waals surface area contributed by atoms with E-state index in [-0.39, 0.29) is 0 Å². The fourth-order valence-electron chi connectivity index (χ4n) is 1.37. The second-order valence-electron chi connectivity index (χ2n) is 3.02. The van der Waals surface area contributed by atoms with Crippen molar-refractivity contribution in [1.29, 1.82) is 0 Å². The zero-order valence-electron chi connectivity index (χ0n) is 7.90. The van der Waals surface area contributed by atoms with Crippen LogP contribution < -0.4 is 4.74 Å². The minimum Gasteiger partial charge on any atom is -0.479 e. The molecule has 0 aliphatic heterocycles. The maximum absolute atomic E-state index is 5.11. The average molecular weight is 177 g/mol. The zero-order chi connectivity index (χ0) is 9.42.